The number of epoxide rings is 1. The molecule has 2 aliphatic rings. The van der Waals surface area contributed by atoms with Crippen LogP contribution in [0.4, 0.5) is 0 Å². The molecule has 4 heteroatoms. The highest BCUT2D eigenvalue weighted by Crippen LogP contribution is 2.57. The molecule has 0 radical (unpaired) electrons. The quantitative estimate of drug-likeness (QED) is 0.542. The fourth-order valence-electron chi connectivity index (χ4n) is 2.72. The first kappa shape index (κ1) is 11.9. The zero-order valence-corrected chi connectivity index (χ0v) is 10.1. The van der Waals surface area contributed by atoms with Gasteiger partial charge in [0, 0.05) is 26.1 Å². The molecule has 2 fully saturated rings. The predicted octanol–water partition coefficient (Wildman–Crippen LogP) is 1.67. The lowest BCUT2D eigenvalue weighted by Crippen LogP contribution is -2.39. The predicted molar refractivity (Wildman–Crippen MR) is 58.1 cm³/mol. The summed E-state index contributed by atoms with van der Waals surface area (Å²) < 4.78 is 16.3. The van der Waals surface area contributed by atoms with E-state index in [1.165, 1.54) is 0 Å². The smallest absolute Gasteiger partial charge is 0.341 e. The molecule has 0 aromatic carbocycles. The summed E-state index contributed by atoms with van der Waals surface area (Å²) in [6, 6.07) is 0. The minimum absolute atomic E-state index is 0.182. The van der Waals surface area contributed by atoms with Crippen LogP contribution in [0, 0.1) is 0 Å². The molecular formula is C12H20O4. The van der Waals surface area contributed by atoms with Crippen LogP contribution >= 0.6 is 0 Å². The second-order valence-corrected chi connectivity index (χ2v) is 4.51. The number of carbonyl (C=O) groups excluding carboxylic acids is 1. The summed E-state index contributed by atoms with van der Waals surface area (Å²) in [4.78, 5) is 12.0. The molecule has 2 aliphatic heterocycles. The van der Waals surface area contributed by atoms with Gasteiger partial charge in [-0.3, -0.25) is 0 Å². The van der Waals surface area contributed by atoms with Crippen molar-refractivity contribution in [3.63, 3.8) is 0 Å². The Morgan fingerprint density at radius 3 is 2.56 bits per heavy atom. The van der Waals surface area contributed by atoms with Crippen molar-refractivity contribution in [2.75, 3.05) is 19.8 Å². The second kappa shape index (κ2) is 4.34. The Bertz CT molecular complexity index is 270. The van der Waals surface area contributed by atoms with Gasteiger partial charge in [0.2, 0.25) is 0 Å². The fraction of sp³-hybridized carbons (Fsp3) is 0.917. The Kier molecular flexibility index (Phi) is 3.22. The van der Waals surface area contributed by atoms with Crippen molar-refractivity contribution in [3.8, 4) is 0 Å². The molecule has 0 N–H and O–H groups in total. The van der Waals surface area contributed by atoms with Crippen molar-refractivity contribution in [3.05, 3.63) is 0 Å². The van der Waals surface area contributed by atoms with Crippen molar-refractivity contribution in [2.45, 2.75) is 50.7 Å². The van der Waals surface area contributed by atoms with Crippen LogP contribution in [-0.4, -0.2) is 37.0 Å². The third kappa shape index (κ3) is 1.64. The molecule has 2 saturated heterocycles. The van der Waals surface area contributed by atoms with Crippen molar-refractivity contribution in [1.29, 1.82) is 0 Å². The summed E-state index contributed by atoms with van der Waals surface area (Å²) in [5.74, 6) is -0.182. The maximum Gasteiger partial charge on any atom is 0.341 e. The Morgan fingerprint density at radius 2 is 2.00 bits per heavy atom. The van der Waals surface area contributed by atoms with Gasteiger partial charge in [-0.2, -0.15) is 0 Å². The maximum absolute atomic E-state index is 12.0. The van der Waals surface area contributed by atoms with Gasteiger partial charge >= 0.3 is 5.97 Å². The van der Waals surface area contributed by atoms with E-state index in [0.29, 0.717) is 19.8 Å². The van der Waals surface area contributed by atoms with Gasteiger partial charge in [-0.05, 0) is 13.3 Å². The van der Waals surface area contributed by atoms with E-state index in [0.717, 1.165) is 25.7 Å². The van der Waals surface area contributed by atoms with E-state index in [1.54, 1.807) is 0 Å². The molecule has 0 aromatic heterocycles. The first-order valence-electron chi connectivity index (χ1n) is 6.16. The molecule has 1 spiro atoms. The summed E-state index contributed by atoms with van der Waals surface area (Å²) in [5, 5.41) is 0. The number of ether oxygens (including phenoxy) is 3. The molecule has 92 valence electrons. The standard InChI is InChI=1S/C12H20O4/c1-3-5-12(10(13)15-4-2)11(16-12)6-8-14-9-7-11/h3-9H2,1-2H3. The molecule has 0 aromatic rings. The third-order valence-electron chi connectivity index (χ3n) is 3.57. The van der Waals surface area contributed by atoms with E-state index < -0.39 is 5.60 Å². The minimum atomic E-state index is -0.665. The summed E-state index contributed by atoms with van der Waals surface area (Å²) in [7, 11) is 0. The van der Waals surface area contributed by atoms with Gasteiger partial charge in [-0.25, -0.2) is 4.79 Å². The van der Waals surface area contributed by atoms with Crippen molar-refractivity contribution < 1.29 is 19.0 Å². The van der Waals surface area contributed by atoms with Crippen LogP contribution in [0.5, 0.6) is 0 Å². The summed E-state index contributed by atoms with van der Waals surface area (Å²) in [6.07, 6.45) is 3.31. The van der Waals surface area contributed by atoms with Gasteiger partial charge in [-0.15, -0.1) is 0 Å². The molecule has 2 rings (SSSR count). The molecule has 0 saturated carbocycles. The average Bonchev–Trinajstić information content (AvgIpc) is 2.89. The van der Waals surface area contributed by atoms with Crippen LogP contribution in [0.3, 0.4) is 0 Å². The summed E-state index contributed by atoms with van der Waals surface area (Å²) in [6.45, 7) is 5.68. The van der Waals surface area contributed by atoms with Crippen molar-refractivity contribution >= 4 is 5.97 Å². The number of hydrogen-bond donors (Lipinski definition) is 0. The molecule has 2 heterocycles. The Morgan fingerprint density at radius 1 is 1.31 bits per heavy atom. The molecular weight excluding hydrogens is 208 g/mol. The highest BCUT2D eigenvalue weighted by Gasteiger charge is 2.74. The van der Waals surface area contributed by atoms with Gasteiger partial charge in [0.1, 0.15) is 5.60 Å². The third-order valence-corrected chi connectivity index (χ3v) is 3.57. The van der Waals surface area contributed by atoms with E-state index in [-0.39, 0.29) is 11.6 Å². The van der Waals surface area contributed by atoms with E-state index in [2.05, 4.69) is 6.92 Å². The Labute approximate surface area is 96.2 Å². The van der Waals surface area contributed by atoms with Crippen LogP contribution in [0.15, 0.2) is 0 Å². The normalized spacial score (nSPS) is 31.4. The molecule has 1 atom stereocenters. The first-order valence-corrected chi connectivity index (χ1v) is 6.16. The number of carbonyl (C=O) groups is 1. The topological polar surface area (TPSA) is 48.1 Å². The van der Waals surface area contributed by atoms with Gasteiger partial charge in [0.15, 0.2) is 5.60 Å². The van der Waals surface area contributed by atoms with Crippen LogP contribution in [-0.2, 0) is 19.0 Å². The van der Waals surface area contributed by atoms with E-state index in [4.69, 9.17) is 14.2 Å². The average molecular weight is 228 g/mol. The number of hydrogen-bond acceptors (Lipinski definition) is 4. The van der Waals surface area contributed by atoms with Crippen molar-refractivity contribution in [1.82, 2.24) is 0 Å². The van der Waals surface area contributed by atoms with E-state index in [1.807, 2.05) is 6.92 Å². The highest BCUT2D eigenvalue weighted by molar-refractivity contribution is 5.85. The SMILES string of the molecule is CCCC1(C(=O)OCC)OC12CCOCC2. The first-order chi connectivity index (χ1) is 7.71. The number of rotatable bonds is 4. The second-order valence-electron chi connectivity index (χ2n) is 4.51. The van der Waals surface area contributed by atoms with E-state index in [9.17, 15) is 4.79 Å². The van der Waals surface area contributed by atoms with Gasteiger partial charge in [-0.1, -0.05) is 13.3 Å². The molecule has 4 nitrogen and oxygen atoms in total. The van der Waals surface area contributed by atoms with Gasteiger partial charge in [0.25, 0.3) is 0 Å². The van der Waals surface area contributed by atoms with Gasteiger partial charge in [0.05, 0.1) is 6.61 Å². The van der Waals surface area contributed by atoms with Crippen LogP contribution in [0.25, 0.3) is 0 Å². The lowest BCUT2D eigenvalue weighted by atomic mass is 9.83. The minimum Gasteiger partial charge on any atom is -0.464 e. The molecule has 0 aliphatic carbocycles. The lowest BCUT2D eigenvalue weighted by Gasteiger charge is -2.22. The molecule has 0 amide bonds. The van der Waals surface area contributed by atoms with Crippen LogP contribution in [0.2, 0.25) is 0 Å². The summed E-state index contributed by atoms with van der Waals surface area (Å²) >= 11 is 0. The monoisotopic (exact) mass is 228 g/mol. The van der Waals surface area contributed by atoms with Gasteiger partial charge < -0.3 is 14.2 Å². The zero-order valence-electron chi connectivity index (χ0n) is 10.1. The summed E-state index contributed by atoms with van der Waals surface area (Å²) in [5.41, 5.74) is -0.949. The Balaban J connectivity index is 2.10. The van der Waals surface area contributed by atoms with Crippen LogP contribution < -0.4 is 0 Å². The van der Waals surface area contributed by atoms with E-state index >= 15 is 0 Å². The zero-order chi connectivity index (χ0) is 11.6. The largest absolute Gasteiger partial charge is 0.464 e. The molecule has 0 bridgehead atoms. The fourth-order valence-corrected chi connectivity index (χ4v) is 2.72. The lowest BCUT2D eigenvalue weighted by molar-refractivity contribution is -0.150. The van der Waals surface area contributed by atoms with Crippen molar-refractivity contribution in [2.24, 2.45) is 0 Å². The Hall–Kier alpha value is -0.610. The molecule has 16 heavy (non-hydrogen) atoms. The van der Waals surface area contributed by atoms with Crippen LogP contribution in [0.1, 0.15) is 39.5 Å². The molecule has 1 unspecified atom stereocenters. The highest BCUT2D eigenvalue weighted by atomic mass is 16.7. The number of esters is 1. The maximum atomic E-state index is 12.0.